The Bertz CT molecular complexity index is 196. The SMILES string of the molecule is CCC1C(=O)NN=C1C(C)C. The van der Waals surface area contributed by atoms with Crippen molar-refractivity contribution in [2.75, 3.05) is 0 Å². The molecule has 1 aliphatic heterocycles. The first-order chi connectivity index (χ1) is 5.16. The maximum absolute atomic E-state index is 11.1. The summed E-state index contributed by atoms with van der Waals surface area (Å²) in [6.45, 7) is 6.12. The largest absolute Gasteiger partial charge is 0.272 e. The molecule has 1 rings (SSSR count). The summed E-state index contributed by atoms with van der Waals surface area (Å²) in [6, 6.07) is 0. The maximum atomic E-state index is 11.1. The molecule has 0 saturated carbocycles. The van der Waals surface area contributed by atoms with Gasteiger partial charge in [-0.05, 0) is 12.3 Å². The van der Waals surface area contributed by atoms with E-state index in [0.29, 0.717) is 5.92 Å². The minimum Gasteiger partial charge on any atom is -0.272 e. The van der Waals surface area contributed by atoms with E-state index in [9.17, 15) is 4.79 Å². The molecule has 11 heavy (non-hydrogen) atoms. The summed E-state index contributed by atoms with van der Waals surface area (Å²) >= 11 is 0. The molecule has 1 aliphatic rings. The third kappa shape index (κ3) is 1.42. The molecule has 62 valence electrons. The van der Waals surface area contributed by atoms with Crippen LogP contribution in [-0.4, -0.2) is 11.6 Å². The standard InChI is InChI=1S/C8H14N2O/c1-4-6-7(5(2)3)9-10-8(6)11/h5-6H,4H2,1-3H3,(H,10,11). The minimum absolute atomic E-state index is 0.0231. The molecule has 3 heteroatoms. The first-order valence-electron chi connectivity index (χ1n) is 4.04. The number of nitrogens with one attached hydrogen (secondary N) is 1. The van der Waals surface area contributed by atoms with Crippen molar-refractivity contribution >= 4 is 11.6 Å². The Morgan fingerprint density at radius 1 is 1.64 bits per heavy atom. The zero-order valence-corrected chi connectivity index (χ0v) is 7.22. The molecule has 0 aromatic heterocycles. The van der Waals surface area contributed by atoms with Gasteiger partial charge < -0.3 is 0 Å². The number of carbonyl (C=O) groups excluding carboxylic acids is 1. The summed E-state index contributed by atoms with van der Waals surface area (Å²) in [5.41, 5.74) is 3.50. The highest BCUT2D eigenvalue weighted by Crippen LogP contribution is 2.16. The Labute approximate surface area is 66.9 Å². The van der Waals surface area contributed by atoms with Gasteiger partial charge in [-0.2, -0.15) is 5.10 Å². The van der Waals surface area contributed by atoms with Crippen molar-refractivity contribution in [3.05, 3.63) is 0 Å². The van der Waals surface area contributed by atoms with Crippen LogP contribution in [0.2, 0.25) is 0 Å². The second kappa shape index (κ2) is 3.03. The van der Waals surface area contributed by atoms with Gasteiger partial charge in [-0.3, -0.25) is 4.79 Å². The lowest BCUT2D eigenvalue weighted by Gasteiger charge is -2.09. The van der Waals surface area contributed by atoms with E-state index in [4.69, 9.17) is 0 Å². The van der Waals surface area contributed by atoms with Crippen molar-refractivity contribution < 1.29 is 4.79 Å². The Morgan fingerprint density at radius 3 is 2.64 bits per heavy atom. The van der Waals surface area contributed by atoms with Crippen molar-refractivity contribution in [1.82, 2.24) is 5.43 Å². The van der Waals surface area contributed by atoms with Crippen molar-refractivity contribution in [2.24, 2.45) is 16.9 Å². The van der Waals surface area contributed by atoms with E-state index < -0.39 is 0 Å². The molecule has 0 radical (unpaired) electrons. The molecule has 0 spiro atoms. The van der Waals surface area contributed by atoms with E-state index in [1.54, 1.807) is 0 Å². The van der Waals surface area contributed by atoms with E-state index in [1.165, 1.54) is 0 Å². The van der Waals surface area contributed by atoms with Gasteiger partial charge in [0, 0.05) is 0 Å². The molecular formula is C8H14N2O. The molecule has 0 saturated heterocycles. The van der Waals surface area contributed by atoms with E-state index in [1.807, 2.05) is 6.92 Å². The highest BCUT2D eigenvalue weighted by atomic mass is 16.2. The number of nitrogens with zero attached hydrogens (tertiary/aromatic N) is 1. The zero-order chi connectivity index (χ0) is 8.43. The van der Waals surface area contributed by atoms with Crippen LogP contribution in [0.4, 0.5) is 0 Å². The summed E-state index contributed by atoms with van der Waals surface area (Å²) in [4.78, 5) is 11.1. The Kier molecular flexibility index (Phi) is 2.27. The van der Waals surface area contributed by atoms with Gasteiger partial charge in [0.05, 0.1) is 11.6 Å². The third-order valence-corrected chi connectivity index (χ3v) is 1.97. The first-order valence-corrected chi connectivity index (χ1v) is 4.04. The van der Waals surface area contributed by atoms with Crippen molar-refractivity contribution in [3.8, 4) is 0 Å². The normalized spacial score (nSPS) is 23.8. The van der Waals surface area contributed by atoms with Crippen LogP contribution in [0.25, 0.3) is 0 Å². The molecule has 0 aromatic rings. The molecule has 0 aliphatic carbocycles. The lowest BCUT2D eigenvalue weighted by atomic mass is 9.93. The molecule has 0 fully saturated rings. The smallest absolute Gasteiger partial charge is 0.248 e. The van der Waals surface area contributed by atoms with Gasteiger partial charge in [0.15, 0.2) is 0 Å². The van der Waals surface area contributed by atoms with Crippen LogP contribution in [0.5, 0.6) is 0 Å². The molecule has 0 aromatic carbocycles. The van der Waals surface area contributed by atoms with E-state index in [0.717, 1.165) is 12.1 Å². The predicted octanol–water partition coefficient (Wildman–Crippen LogP) is 1.15. The lowest BCUT2D eigenvalue weighted by molar-refractivity contribution is -0.122. The maximum Gasteiger partial charge on any atom is 0.248 e. The van der Waals surface area contributed by atoms with Crippen molar-refractivity contribution in [2.45, 2.75) is 27.2 Å². The quantitative estimate of drug-likeness (QED) is 0.637. The average Bonchev–Trinajstić information content (AvgIpc) is 2.30. The Morgan fingerprint density at radius 2 is 2.27 bits per heavy atom. The van der Waals surface area contributed by atoms with Crippen LogP contribution in [0.1, 0.15) is 27.2 Å². The second-order valence-electron chi connectivity index (χ2n) is 3.13. The second-order valence-corrected chi connectivity index (χ2v) is 3.13. The number of carbonyl (C=O) groups is 1. The number of hydrazone groups is 1. The Hall–Kier alpha value is -0.860. The van der Waals surface area contributed by atoms with Gasteiger partial charge in [0.1, 0.15) is 0 Å². The van der Waals surface area contributed by atoms with Crippen molar-refractivity contribution in [1.29, 1.82) is 0 Å². The number of amides is 1. The third-order valence-electron chi connectivity index (χ3n) is 1.97. The average molecular weight is 154 g/mol. The summed E-state index contributed by atoms with van der Waals surface area (Å²) in [5, 5.41) is 3.99. The van der Waals surface area contributed by atoms with Crippen LogP contribution < -0.4 is 5.43 Å². The number of hydrogen-bond donors (Lipinski definition) is 1. The molecule has 1 N–H and O–H groups in total. The van der Waals surface area contributed by atoms with E-state index in [-0.39, 0.29) is 11.8 Å². The molecule has 1 heterocycles. The summed E-state index contributed by atoms with van der Waals surface area (Å²) < 4.78 is 0. The molecule has 1 amide bonds. The zero-order valence-electron chi connectivity index (χ0n) is 7.22. The fourth-order valence-electron chi connectivity index (χ4n) is 1.34. The van der Waals surface area contributed by atoms with Gasteiger partial charge in [-0.25, -0.2) is 5.43 Å². The van der Waals surface area contributed by atoms with Crippen LogP contribution in [-0.2, 0) is 4.79 Å². The van der Waals surface area contributed by atoms with Gasteiger partial charge in [0.25, 0.3) is 0 Å². The fraction of sp³-hybridized carbons (Fsp3) is 0.750. The highest BCUT2D eigenvalue weighted by molar-refractivity contribution is 6.08. The monoisotopic (exact) mass is 154 g/mol. The molecule has 1 unspecified atom stereocenters. The van der Waals surface area contributed by atoms with Gasteiger partial charge >= 0.3 is 0 Å². The summed E-state index contributed by atoms with van der Waals surface area (Å²) in [5.74, 6) is 0.449. The fourth-order valence-corrected chi connectivity index (χ4v) is 1.34. The van der Waals surface area contributed by atoms with E-state index >= 15 is 0 Å². The highest BCUT2D eigenvalue weighted by Gasteiger charge is 2.29. The van der Waals surface area contributed by atoms with Gasteiger partial charge in [-0.15, -0.1) is 0 Å². The predicted molar refractivity (Wildman–Crippen MR) is 44.2 cm³/mol. The van der Waals surface area contributed by atoms with Gasteiger partial charge in [-0.1, -0.05) is 20.8 Å². The van der Waals surface area contributed by atoms with Crippen LogP contribution in [0.3, 0.4) is 0 Å². The van der Waals surface area contributed by atoms with Gasteiger partial charge in [0.2, 0.25) is 5.91 Å². The summed E-state index contributed by atoms with van der Waals surface area (Å²) in [7, 11) is 0. The summed E-state index contributed by atoms with van der Waals surface area (Å²) in [6.07, 6.45) is 0.850. The van der Waals surface area contributed by atoms with Crippen LogP contribution >= 0.6 is 0 Å². The first kappa shape index (κ1) is 8.24. The van der Waals surface area contributed by atoms with Crippen LogP contribution in [0.15, 0.2) is 5.10 Å². The Balaban J connectivity index is 2.73. The number of hydrogen-bond acceptors (Lipinski definition) is 2. The molecular weight excluding hydrogens is 140 g/mol. The lowest BCUT2D eigenvalue weighted by Crippen LogP contribution is -2.24. The topological polar surface area (TPSA) is 41.5 Å². The number of rotatable bonds is 2. The van der Waals surface area contributed by atoms with Crippen molar-refractivity contribution in [3.63, 3.8) is 0 Å². The minimum atomic E-state index is 0.0231. The molecule has 0 bridgehead atoms. The molecule has 3 nitrogen and oxygen atoms in total. The van der Waals surface area contributed by atoms with Crippen LogP contribution in [0, 0.1) is 11.8 Å². The molecule has 1 atom stereocenters. The van der Waals surface area contributed by atoms with E-state index in [2.05, 4.69) is 24.4 Å².